The zero-order valence-corrected chi connectivity index (χ0v) is 11.3. The third-order valence-electron chi connectivity index (χ3n) is 1.30. The van der Waals surface area contributed by atoms with Crippen molar-refractivity contribution in [3.05, 3.63) is 25.6 Å². The van der Waals surface area contributed by atoms with Crippen molar-refractivity contribution in [2.45, 2.75) is 0 Å². The van der Waals surface area contributed by atoms with E-state index in [1.807, 2.05) is 12.1 Å². The third-order valence-corrected chi connectivity index (χ3v) is 2.94. The molecule has 0 heterocycles. The monoisotopic (exact) mass is 372 g/mol. The molecule has 0 aromatic heterocycles. The lowest BCUT2D eigenvalue weighted by Crippen LogP contribution is -2.02. The van der Waals surface area contributed by atoms with Gasteiger partial charge in [-0.1, -0.05) is 15.9 Å². The highest BCUT2D eigenvalue weighted by Gasteiger charge is 2.07. The molecule has 0 saturated heterocycles. The highest BCUT2D eigenvalue weighted by molar-refractivity contribution is 9.11. The van der Waals surface area contributed by atoms with Crippen LogP contribution in [0.25, 0.3) is 0 Å². The topological polar surface area (TPSA) is 29.5 Å². The first-order valence-electron chi connectivity index (χ1n) is 3.53. The van der Waals surface area contributed by atoms with Crippen LogP contribution in [-0.4, -0.2) is 18.3 Å². The van der Waals surface area contributed by atoms with Crippen molar-refractivity contribution in [2.24, 2.45) is 0 Å². The minimum atomic E-state index is 0.00887. The van der Waals surface area contributed by atoms with E-state index in [0.717, 1.165) is 13.4 Å². The molecule has 0 spiro atoms. The zero-order chi connectivity index (χ0) is 9.84. The van der Waals surface area contributed by atoms with Gasteiger partial charge in [-0.05, 0) is 44.0 Å². The van der Waals surface area contributed by atoms with Crippen molar-refractivity contribution in [3.8, 4) is 5.75 Å². The lowest BCUT2D eigenvalue weighted by atomic mass is 10.3. The molecule has 0 atom stereocenters. The number of benzene rings is 1. The molecule has 0 bridgehead atoms. The fraction of sp³-hybridized carbons (Fsp3) is 0.250. The van der Waals surface area contributed by atoms with Gasteiger partial charge in [0.05, 0.1) is 15.6 Å². The van der Waals surface area contributed by atoms with Crippen molar-refractivity contribution < 1.29 is 9.84 Å². The fourth-order valence-corrected chi connectivity index (χ4v) is 3.30. The molecule has 0 aliphatic carbocycles. The number of halogens is 3. The van der Waals surface area contributed by atoms with Crippen molar-refractivity contribution in [1.82, 2.24) is 0 Å². The van der Waals surface area contributed by atoms with Crippen LogP contribution in [0.2, 0.25) is 0 Å². The first-order valence-corrected chi connectivity index (χ1v) is 5.91. The summed E-state index contributed by atoms with van der Waals surface area (Å²) in [5, 5.41) is 8.60. The Morgan fingerprint density at radius 3 is 2.15 bits per heavy atom. The maximum Gasteiger partial charge on any atom is 0.147 e. The molecule has 13 heavy (non-hydrogen) atoms. The highest BCUT2D eigenvalue weighted by Crippen LogP contribution is 2.36. The molecule has 1 aromatic carbocycles. The average Bonchev–Trinajstić information content (AvgIpc) is 2.02. The number of aliphatic hydroxyl groups is 1. The molecule has 0 radical (unpaired) electrons. The Morgan fingerprint density at radius 2 is 1.69 bits per heavy atom. The fourth-order valence-electron chi connectivity index (χ4n) is 0.815. The molecular formula is C8H7Br3O2. The van der Waals surface area contributed by atoms with Gasteiger partial charge >= 0.3 is 0 Å². The van der Waals surface area contributed by atoms with Gasteiger partial charge < -0.3 is 9.84 Å². The largest absolute Gasteiger partial charge is 0.489 e. The molecule has 0 fully saturated rings. The first kappa shape index (κ1) is 11.5. The second kappa shape index (κ2) is 5.34. The summed E-state index contributed by atoms with van der Waals surface area (Å²) >= 11 is 10.1. The van der Waals surface area contributed by atoms with Crippen LogP contribution in [0.5, 0.6) is 5.75 Å². The Labute approximate surface area is 102 Å². The molecule has 0 aliphatic rings. The van der Waals surface area contributed by atoms with Crippen molar-refractivity contribution in [2.75, 3.05) is 13.2 Å². The van der Waals surface area contributed by atoms with E-state index in [1.165, 1.54) is 0 Å². The molecule has 0 unspecified atom stereocenters. The zero-order valence-electron chi connectivity index (χ0n) is 6.56. The smallest absolute Gasteiger partial charge is 0.147 e. The summed E-state index contributed by atoms with van der Waals surface area (Å²) < 4.78 is 7.97. The van der Waals surface area contributed by atoms with Crippen LogP contribution in [0.4, 0.5) is 0 Å². The second-order valence-corrected chi connectivity index (χ2v) is 4.89. The van der Waals surface area contributed by atoms with Crippen LogP contribution < -0.4 is 4.74 Å². The van der Waals surface area contributed by atoms with Crippen molar-refractivity contribution in [3.63, 3.8) is 0 Å². The van der Waals surface area contributed by atoms with Gasteiger partial charge in [-0.25, -0.2) is 0 Å². The van der Waals surface area contributed by atoms with Crippen LogP contribution in [0.3, 0.4) is 0 Å². The van der Waals surface area contributed by atoms with E-state index in [1.54, 1.807) is 0 Å². The SMILES string of the molecule is OCCOc1c(Br)cc(Br)cc1Br. The third kappa shape index (κ3) is 3.23. The maximum absolute atomic E-state index is 8.60. The Kier molecular flexibility index (Phi) is 4.72. The predicted octanol–water partition coefficient (Wildman–Crippen LogP) is 3.35. The standard InChI is InChI=1S/C8H7Br3O2/c9-5-3-6(10)8(7(11)4-5)13-2-1-12/h3-4,12H,1-2H2. The van der Waals surface area contributed by atoms with Gasteiger partial charge in [0.15, 0.2) is 0 Å². The minimum absolute atomic E-state index is 0.00887. The summed E-state index contributed by atoms with van der Waals surface area (Å²) in [6.45, 7) is 0.299. The first-order chi connectivity index (χ1) is 6.15. The predicted molar refractivity (Wildman–Crippen MR) is 62.1 cm³/mol. The molecule has 2 nitrogen and oxygen atoms in total. The summed E-state index contributed by atoms with van der Waals surface area (Å²) in [7, 11) is 0. The molecule has 5 heteroatoms. The summed E-state index contributed by atoms with van der Waals surface area (Å²) in [6, 6.07) is 3.77. The Balaban J connectivity index is 2.92. The highest BCUT2D eigenvalue weighted by atomic mass is 79.9. The van der Waals surface area contributed by atoms with Gasteiger partial charge in [-0.2, -0.15) is 0 Å². The summed E-state index contributed by atoms with van der Waals surface area (Å²) in [5.41, 5.74) is 0. The molecule has 1 N–H and O–H groups in total. The van der Waals surface area contributed by atoms with E-state index in [4.69, 9.17) is 9.84 Å². The molecule has 0 amide bonds. The van der Waals surface area contributed by atoms with Gasteiger partial charge in [0, 0.05) is 4.47 Å². The van der Waals surface area contributed by atoms with Crippen molar-refractivity contribution >= 4 is 47.8 Å². The summed E-state index contributed by atoms with van der Waals surface area (Å²) in [4.78, 5) is 0. The van der Waals surface area contributed by atoms with Crippen LogP contribution >= 0.6 is 47.8 Å². The molecule has 1 aromatic rings. The van der Waals surface area contributed by atoms with Gasteiger partial charge in [0.1, 0.15) is 12.4 Å². The number of hydrogen-bond donors (Lipinski definition) is 1. The van der Waals surface area contributed by atoms with E-state index in [9.17, 15) is 0 Å². The molecule has 1 rings (SSSR count). The lowest BCUT2D eigenvalue weighted by Gasteiger charge is -2.09. The number of ether oxygens (including phenoxy) is 1. The Morgan fingerprint density at radius 1 is 1.15 bits per heavy atom. The molecule has 72 valence electrons. The number of hydrogen-bond acceptors (Lipinski definition) is 2. The van der Waals surface area contributed by atoms with E-state index < -0.39 is 0 Å². The van der Waals surface area contributed by atoms with Gasteiger partial charge in [0.25, 0.3) is 0 Å². The minimum Gasteiger partial charge on any atom is -0.489 e. The Hall–Kier alpha value is 0.420. The second-order valence-electron chi connectivity index (χ2n) is 2.27. The van der Waals surface area contributed by atoms with E-state index in [-0.39, 0.29) is 6.61 Å². The van der Waals surface area contributed by atoms with Crippen LogP contribution in [-0.2, 0) is 0 Å². The van der Waals surface area contributed by atoms with Gasteiger partial charge in [-0.15, -0.1) is 0 Å². The summed E-state index contributed by atoms with van der Waals surface area (Å²) in [5.74, 6) is 0.706. The molecular weight excluding hydrogens is 368 g/mol. The van der Waals surface area contributed by atoms with Crippen LogP contribution in [0.15, 0.2) is 25.6 Å². The van der Waals surface area contributed by atoms with Crippen LogP contribution in [0, 0.1) is 0 Å². The van der Waals surface area contributed by atoms with Gasteiger partial charge in [-0.3, -0.25) is 0 Å². The quantitative estimate of drug-likeness (QED) is 0.879. The van der Waals surface area contributed by atoms with E-state index in [2.05, 4.69) is 47.8 Å². The van der Waals surface area contributed by atoms with Crippen molar-refractivity contribution in [1.29, 1.82) is 0 Å². The number of aliphatic hydroxyl groups excluding tert-OH is 1. The van der Waals surface area contributed by atoms with E-state index >= 15 is 0 Å². The molecule has 0 aliphatic heterocycles. The molecule has 0 saturated carbocycles. The normalized spacial score (nSPS) is 10.2. The van der Waals surface area contributed by atoms with Crippen LogP contribution in [0.1, 0.15) is 0 Å². The lowest BCUT2D eigenvalue weighted by molar-refractivity contribution is 0.200. The maximum atomic E-state index is 8.60. The average molecular weight is 375 g/mol. The van der Waals surface area contributed by atoms with E-state index in [0.29, 0.717) is 12.4 Å². The number of rotatable bonds is 3. The summed E-state index contributed by atoms with van der Waals surface area (Å²) in [6.07, 6.45) is 0. The van der Waals surface area contributed by atoms with Gasteiger partial charge in [0.2, 0.25) is 0 Å². The Bertz CT molecular complexity index is 278.